The van der Waals surface area contributed by atoms with Gasteiger partial charge in [-0.25, -0.2) is 0 Å². The van der Waals surface area contributed by atoms with Gasteiger partial charge in [0.15, 0.2) is 0 Å². The zero-order valence-electron chi connectivity index (χ0n) is 8.00. The normalized spacial score (nSPS) is 20.2. The molecule has 0 spiro atoms. The highest BCUT2D eigenvalue weighted by Gasteiger charge is 2.25. The van der Waals surface area contributed by atoms with Crippen LogP contribution in [0.5, 0.6) is 0 Å². The molecule has 0 aliphatic carbocycles. The molecule has 0 saturated carbocycles. The molecular formula is C11H10BrNOS. The Balaban J connectivity index is 2.02. The van der Waals surface area contributed by atoms with E-state index in [0.29, 0.717) is 0 Å². The summed E-state index contributed by atoms with van der Waals surface area (Å²) in [6.07, 6.45) is 2.85. The Kier molecular flexibility index (Phi) is 2.42. The molecule has 0 amide bonds. The molecule has 4 heteroatoms. The van der Waals surface area contributed by atoms with Gasteiger partial charge in [0.05, 0.1) is 10.0 Å². The van der Waals surface area contributed by atoms with Crippen molar-refractivity contribution in [3.63, 3.8) is 0 Å². The van der Waals surface area contributed by atoms with Gasteiger partial charge in [-0.2, -0.15) is 0 Å². The molecule has 2 aromatic rings. The van der Waals surface area contributed by atoms with E-state index >= 15 is 0 Å². The first-order valence-corrected chi connectivity index (χ1v) is 6.50. The molecular weight excluding hydrogens is 274 g/mol. The van der Waals surface area contributed by atoms with Crippen LogP contribution >= 0.6 is 27.3 Å². The molecule has 1 aliphatic heterocycles. The molecule has 2 aromatic heterocycles. The number of hydrogen-bond acceptors (Lipinski definition) is 3. The lowest BCUT2D eigenvalue weighted by atomic mass is 10.0. The maximum absolute atomic E-state index is 5.56. The van der Waals surface area contributed by atoms with Crippen molar-refractivity contribution in [2.45, 2.75) is 12.5 Å². The summed E-state index contributed by atoms with van der Waals surface area (Å²) in [6, 6.07) is 6.54. The van der Waals surface area contributed by atoms with Crippen molar-refractivity contribution in [3.05, 3.63) is 44.4 Å². The highest BCUT2D eigenvalue weighted by atomic mass is 79.9. The highest BCUT2D eigenvalue weighted by Crippen LogP contribution is 2.34. The maximum atomic E-state index is 5.56. The molecule has 3 rings (SSSR count). The molecule has 0 aromatic carbocycles. The minimum absolute atomic E-state index is 0.236. The molecule has 0 saturated heterocycles. The Morgan fingerprint density at radius 1 is 1.40 bits per heavy atom. The van der Waals surface area contributed by atoms with E-state index in [9.17, 15) is 0 Å². The smallest absolute Gasteiger partial charge is 0.129 e. The fraction of sp³-hybridized carbons (Fsp3) is 0.273. The molecule has 0 bridgehead atoms. The summed E-state index contributed by atoms with van der Waals surface area (Å²) in [4.78, 5) is 1.30. The second-order valence-electron chi connectivity index (χ2n) is 3.59. The summed E-state index contributed by atoms with van der Waals surface area (Å²) in [7, 11) is 0. The van der Waals surface area contributed by atoms with Gasteiger partial charge in [0.2, 0.25) is 0 Å². The van der Waals surface area contributed by atoms with Crippen LogP contribution in [0, 0.1) is 0 Å². The van der Waals surface area contributed by atoms with E-state index in [1.165, 1.54) is 10.4 Å². The maximum Gasteiger partial charge on any atom is 0.129 e. The zero-order valence-corrected chi connectivity index (χ0v) is 10.4. The highest BCUT2D eigenvalue weighted by molar-refractivity contribution is 9.11. The van der Waals surface area contributed by atoms with Crippen LogP contribution in [-0.2, 0) is 6.42 Å². The van der Waals surface area contributed by atoms with E-state index in [1.54, 1.807) is 17.6 Å². The average molecular weight is 284 g/mol. The number of rotatable bonds is 1. The second-order valence-corrected chi connectivity index (χ2v) is 6.08. The number of halogens is 1. The summed E-state index contributed by atoms with van der Waals surface area (Å²) < 4.78 is 6.73. The third kappa shape index (κ3) is 1.67. The van der Waals surface area contributed by atoms with E-state index in [-0.39, 0.29) is 6.04 Å². The standard InChI is InChI=1S/C11H10BrNOS/c12-9-2-1-8(15-9)10-11-7(3-5-13-10)4-6-14-11/h1-2,4,6,10,13H,3,5H2. The van der Waals surface area contributed by atoms with Crippen molar-refractivity contribution < 1.29 is 4.42 Å². The van der Waals surface area contributed by atoms with Crippen LogP contribution in [-0.4, -0.2) is 6.54 Å². The van der Waals surface area contributed by atoms with E-state index in [2.05, 4.69) is 39.4 Å². The lowest BCUT2D eigenvalue weighted by Gasteiger charge is -2.21. The number of fused-ring (bicyclic) bond motifs is 1. The van der Waals surface area contributed by atoms with Crippen LogP contribution in [0.4, 0.5) is 0 Å². The fourth-order valence-electron chi connectivity index (χ4n) is 1.96. The number of furan rings is 1. The summed E-state index contributed by atoms with van der Waals surface area (Å²) in [5.74, 6) is 1.08. The predicted octanol–water partition coefficient (Wildman–Crippen LogP) is 3.34. The minimum atomic E-state index is 0.236. The van der Waals surface area contributed by atoms with Gasteiger partial charge >= 0.3 is 0 Å². The molecule has 1 N–H and O–H groups in total. The average Bonchev–Trinajstić information content (AvgIpc) is 2.84. The lowest BCUT2D eigenvalue weighted by molar-refractivity contribution is 0.428. The molecule has 1 unspecified atom stereocenters. The number of hydrogen-bond donors (Lipinski definition) is 1. The largest absolute Gasteiger partial charge is 0.467 e. The monoisotopic (exact) mass is 283 g/mol. The Hall–Kier alpha value is -0.580. The number of thiophene rings is 1. The van der Waals surface area contributed by atoms with Crippen LogP contribution in [0.3, 0.4) is 0 Å². The van der Waals surface area contributed by atoms with Crippen molar-refractivity contribution in [2.75, 3.05) is 6.54 Å². The van der Waals surface area contributed by atoms with Gasteiger partial charge in [0, 0.05) is 11.4 Å². The second kappa shape index (κ2) is 3.77. The van der Waals surface area contributed by atoms with E-state index in [0.717, 1.165) is 22.5 Å². The molecule has 2 nitrogen and oxygen atoms in total. The summed E-state index contributed by atoms with van der Waals surface area (Å²) in [5.41, 5.74) is 1.34. The first kappa shape index (κ1) is 9.63. The van der Waals surface area contributed by atoms with Crippen molar-refractivity contribution >= 4 is 27.3 Å². The van der Waals surface area contributed by atoms with Gasteiger partial charge in [-0.1, -0.05) is 0 Å². The van der Waals surface area contributed by atoms with Gasteiger partial charge in [-0.3, -0.25) is 0 Å². The van der Waals surface area contributed by atoms with Gasteiger partial charge in [-0.15, -0.1) is 11.3 Å². The molecule has 3 heterocycles. The zero-order chi connectivity index (χ0) is 10.3. The molecule has 15 heavy (non-hydrogen) atoms. The van der Waals surface area contributed by atoms with Crippen molar-refractivity contribution in [1.29, 1.82) is 0 Å². The van der Waals surface area contributed by atoms with Gasteiger partial charge < -0.3 is 9.73 Å². The molecule has 78 valence electrons. The first-order valence-electron chi connectivity index (χ1n) is 4.89. The Morgan fingerprint density at radius 3 is 3.13 bits per heavy atom. The van der Waals surface area contributed by atoms with Gasteiger partial charge in [-0.05, 0) is 46.1 Å². The fourth-order valence-corrected chi connectivity index (χ4v) is 3.46. The summed E-state index contributed by atoms with van der Waals surface area (Å²) in [6.45, 7) is 1.02. The van der Waals surface area contributed by atoms with Crippen molar-refractivity contribution in [3.8, 4) is 0 Å². The third-order valence-corrected chi connectivity index (χ3v) is 4.35. The molecule has 1 aliphatic rings. The minimum Gasteiger partial charge on any atom is -0.467 e. The Labute approximate surface area is 100 Å². The Bertz CT molecular complexity index is 476. The van der Waals surface area contributed by atoms with Gasteiger partial charge in [0.1, 0.15) is 11.8 Å². The van der Waals surface area contributed by atoms with Crippen LogP contribution in [0.1, 0.15) is 22.2 Å². The summed E-state index contributed by atoms with van der Waals surface area (Å²) >= 11 is 5.25. The van der Waals surface area contributed by atoms with Crippen LogP contribution in [0.15, 0.2) is 32.7 Å². The van der Waals surface area contributed by atoms with Crippen LogP contribution < -0.4 is 5.32 Å². The topological polar surface area (TPSA) is 25.2 Å². The van der Waals surface area contributed by atoms with Crippen LogP contribution in [0.2, 0.25) is 0 Å². The van der Waals surface area contributed by atoms with E-state index in [4.69, 9.17) is 4.42 Å². The quantitative estimate of drug-likeness (QED) is 0.869. The molecule has 0 radical (unpaired) electrons. The lowest BCUT2D eigenvalue weighted by Crippen LogP contribution is -2.28. The first-order chi connectivity index (χ1) is 7.34. The summed E-state index contributed by atoms with van der Waals surface area (Å²) in [5, 5.41) is 3.49. The van der Waals surface area contributed by atoms with E-state index < -0.39 is 0 Å². The molecule has 1 atom stereocenters. The number of nitrogens with one attached hydrogen (secondary N) is 1. The SMILES string of the molecule is Brc1ccc(C2NCCc3ccoc32)s1. The predicted molar refractivity (Wildman–Crippen MR) is 64.3 cm³/mol. The third-order valence-electron chi connectivity index (χ3n) is 2.66. The van der Waals surface area contributed by atoms with Crippen molar-refractivity contribution in [2.24, 2.45) is 0 Å². The van der Waals surface area contributed by atoms with Gasteiger partial charge in [0.25, 0.3) is 0 Å². The molecule has 0 fully saturated rings. The van der Waals surface area contributed by atoms with E-state index in [1.807, 2.05) is 0 Å². The van der Waals surface area contributed by atoms with Crippen molar-refractivity contribution in [1.82, 2.24) is 5.32 Å². The Morgan fingerprint density at radius 2 is 2.33 bits per heavy atom. The van der Waals surface area contributed by atoms with Crippen LogP contribution in [0.25, 0.3) is 0 Å².